The van der Waals surface area contributed by atoms with Gasteiger partial charge in [0.1, 0.15) is 29.2 Å². The van der Waals surface area contributed by atoms with Gasteiger partial charge in [-0.1, -0.05) is 5.16 Å². The smallest absolute Gasteiger partial charge is 0.358 e. The molecule has 4 aromatic heterocycles. The van der Waals surface area contributed by atoms with Crippen molar-refractivity contribution in [2.24, 2.45) is 0 Å². The van der Waals surface area contributed by atoms with Crippen molar-refractivity contribution in [3.05, 3.63) is 47.4 Å². The maximum Gasteiger partial charge on any atom is 0.433 e. The van der Waals surface area contributed by atoms with Crippen LogP contribution in [-0.2, 0) is 17.4 Å². The highest BCUT2D eigenvalue weighted by Crippen LogP contribution is 2.30. The average molecular weight is 472 g/mol. The van der Waals surface area contributed by atoms with Crippen LogP contribution in [0.1, 0.15) is 46.9 Å². The van der Waals surface area contributed by atoms with Gasteiger partial charge in [0.05, 0.1) is 23.3 Å². The number of alkyl halides is 3. The monoisotopic (exact) mass is 472 g/mol. The molecule has 0 aliphatic carbocycles. The van der Waals surface area contributed by atoms with Gasteiger partial charge >= 0.3 is 6.18 Å². The van der Waals surface area contributed by atoms with Crippen LogP contribution in [0, 0.1) is 0 Å². The highest BCUT2D eigenvalue weighted by atomic mass is 19.4. The molecule has 1 aliphatic heterocycles. The predicted molar refractivity (Wildman–Crippen MR) is 109 cm³/mol. The fourth-order valence-electron chi connectivity index (χ4n) is 3.51. The van der Waals surface area contributed by atoms with E-state index in [1.807, 2.05) is 0 Å². The van der Waals surface area contributed by atoms with Gasteiger partial charge in [0, 0.05) is 18.1 Å². The van der Waals surface area contributed by atoms with Gasteiger partial charge in [-0.3, -0.25) is 9.59 Å². The van der Waals surface area contributed by atoms with Gasteiger partial charge in [-0.15, -0.1) is 0 Å². The van der Waals surface area contributed by atoms with Gasteiger partial charge in [-0.2, -0.15) is 13.2 Å². The lowest BCUT2D eigenvalue weighted by Crippen LogP contribution is -2.30. The molecule has 5 heterocycles. The van der Waals surface area contributed by atoms with Crippen molar-refractivity contribution in [1.82, 2.24) is 35.4 Å². The molecule has 0 radical (unpaired) electrons. The highest BCUT2D eigenvalue weighted by Gasteiger charge is 2.33. The molecule has 3 N–H and O–H groups in total. The summed E-state index contributed by atoms with van der Waals surface area (Å²) in [7, 11) is 0. The van der Waals surface area contributed by atoms with Crippen LogP contribution in [0.5, 0.6) is 0 Å². The van der Waals surface area contributed by atoms with E-state index in [4.69, 9.17) is 4.52 Å². The molecule has 4 aromatic rings. The number of halogens is 3. The molecular formula is C20H15F3N8O3. The molecule has 5 rings (SSSR count). The molecule has 0 saturated heterocycles. The van der Waals surface area contributed by atoms with E-state index < -0.39 is 23.8 Å². The number of rotatable bonds is 4. The number of imidazole rings is 1. The zero-order valence-corrected chi connectivity index (χ0v) is 17.4. The van der Waals surface area contributed by atoms with Crippen molar-refractivity contribution in [2.75, 3.05) is 5.32 Å². The Morgan fingerprint density at radius 1 is 1.21 bits per heavy atom. The molecule has 1 atom stereocenters. The van der Waals surface area contributed by atoms with Gasteiger partial charge in [-0.25, -0.2) is 19.9 Å². The second-order valence-electron chi connectivity index (χ2n) is 7.58. The summed E-state index contributed by atoms with van der Waals surface area (Å²) in [5.41, 5.74) is 0.240. The number of fused-ring (bicyclic) bond motifs is 2. The van der Waals surface area contributed by atoms with Crippen LogP contribution in [0.3, 0.4) is 0 Å². The Bertz CT molecular complexity index is 1430. The molecule has 1 aliphatic rings. The number of carbonyl (C=O) groups is 2. The van der Waals surface area contributed by atoms with Crippen LogP contribution in [0.25, 0.3) is 22.6 Å². The molecular weight excluding hydrogens is 457 g/mol. The number of H-pyrrole nitrogens is 1. The van der Waals surface area contributed by atoms with E-state index in [1.165, 1.54) is 12.4 Å². The summed E-state index contributed by atoms with van der Waals surface area (Å²) < 4.78 is 44.0. The fraction of sp³-hybridized carbons (Fsp3) is 0.250. The molecule has 0 aromatic carbocycles. The number of nitrogens with one attached hydrogen (secondary N) is 3. The molecule has 11 nitrogen and oxygen atoms in total. The molecule has 0 fully saturated rings. The summed E-state index contributed by atoms with van der Waals surface area (Å²) >= 11 is 0. The first-order chi connectivity index (χ1) is 16.2. The third kappa shape index (κ3) is 3.93. The Kier molecular flexibility index (Phi) is 4.99. The normalized spacial score (nSPS) is 14.5. The van der Waals surface area contributed by atoms with Crippen molar-refractivity contribution in [3.63, 3.8) is 0 Å². The predicted octanol–water partition coefficient (Wildman–Crippen LogP) is 2.80. The number of hydrogen-bond donors (Lipinski definition) is 3. The minimum atomic E-state index is -4.59. The summed E-state index contributed by atoms with van der Waals surface area (Å²) in [6.45, 7) is 1.66. The first-order valence-corrected chi connectivity index (χ1v) is 10.0. The van der Waals surface area contributed by atoms with Gasteiger partial charge in [0.2, 0.25) is 5.91 Å². The lowest BCUT2D eigenvalue weighted by molar-refractivity contribution is -0.141. The van der Waals surface area contributed by atoms with Crippen molar-refractivity contribution in [1.29, 1.82) is 0 Å². The summed E-state index contributed by atoms with van der Waals surface area (Å²) in [5.74, 6) is 0.101. The van der Waals surface area contributed by atoms with Crippen molar-refractivity contribution in [2.45, 2.75) is 32.0 Å². The van der Waals surface area contributed by atoms with Crippen molar-refractivity contribution < 1.29 is 27.3 Å². The second kappa shape index (κ2) is 7.90. The number of aromatic amines is 1. The number of pyridine rings is 1. The minimum absolute atomic E-state index is 0.0730. The number of nitrogens with zero attached hydrogens (tertiary/aromatic N) is 5. The van der Waals surface area contributed by atoms with Crippen molar-refractivity contribution >= 4 is 28.7 Å². The molecule has 0 bridgehead atoms. The third-order valence-electron chi connectivity index (χ3n) is 5.22. The molecule has 174 valence electrons. The van der Waals surface area contributed by atoms with E-state index in [1.54, 1.807) is 6.92 Å². The van der Waals surface area contributed by atoms with Crippen LogP contribution >= 0.6 is 0 Å². The van der Waals surface area contributed by atoms with E-state index in [0.29, 0.717) is 23.3 Å². The van der Waals surface area contributed by atoms with Gasteiger partial charge in [0.15, 0.2) is 11.6 Å². The van der Waals surface area contributed by atoms with Gasteiger partial charge in [-0.05, 0) is 19.4 Å². The highest BCUT2D eigenvalue weighted by molar-refractivity contribution is 5.99. The van der Waals surface area contributed by atoms with Gasteiger partial charge < -0.3 is 20.1 Å². The van der Waals surface area contributed by atoms with E-state index in [9.17, 15) is 22.8 Å². The summed E-state index contributed by atoms with van der Waals surface area (Å²) in [6, 6.07) is 1.72. The average Bonchev–Trinajstić information content (AvgIpc) is 3.44. The number of hydrogen-bond acceptors (Lipinski definition) is 8. The zero-order chi connectivity index (χ0) is 24.0. The fourth-order valence-corrected chi connectivity index (χ4v) is 3.51. The van der Waals surface area contributed by atoms with E-state index in [-0.39, 0.29) is 40.8 Å². The van der Waals surface area contributed by atoms with Crippen LogP contribution in [0.2, 0.25) is 0 Å². The quantitative estimate of drug-likeness (QED) is 0.410. The summed E-state index contributed by atoms with van der Waals surface area (Å²) in [4.78, 5) is 42.8. The van der Waals surface area contributed by atoms with Crippen LogP contribution < -0.4 is 10.6 Å². The Labute approximate surface area is 188 Å². The Morgan fingerprint density at radius 2 is 2.03 bits per heavy atom. The molecule has 2 amide bonds. The third-order valence-corrected chi connectivity index (χ3v) is 5.22. The molecule has 34 heavy (non-hydrogen) atoms. The number of aromatic nitrogens is 6. The second-order valence-corrected chi connectivity index (χ2v) is 7.58. The molecule has 0 spiro atoms. The largest absolute Gasteiger partial charge is 0.433 e. The van der Waals surface area contributed by atoms with E-state index in [2.05, 4.69) is 40.7 Å². The number of amides is 2. The molecule has 0 unspecified atom stereocenters. The first kappa shape index (κ1) is 21.5. The maximum atomic E-state index is 12.9. The van der Waals surface area contributed by atoms with E-state index in [0.717, 1.165) is 12.3 Å². The lowest BCUT2D eigenvalue weighted by Gasteiger charge is -2.18. The lowest BCUT2D eigenvalue weighted by atomic mass is 10.0. The van der Waals surface area contributed by atoms with Crippen LogP contribution in [0.4, 0.5) is 19.0 Å². The zero-order valence-electron chi connectivity index (χ0n) is 17.4. The maximum absolute atomic E-state index is 12.9. The number of carbonyl (C=O) groups excluding carboxylic acids is 2. The Morgan fingerprint density at radius 3 is 2.82 bits per heavy atom. The SMILES string of the molecule is C[C@@H](NC(=O)c1ncnc2c1CCC(=O)N2)c1cc(-c2nc3cc(C(F)(F)F)ncc3[nH]2)no1. The molecule has 14 heteroatoms. The molecule has 0 saturated carbocycles. The van der Waals surface area contributed by atoms with E-state index >= 15 is 0 Å². The summed E-state index contributed by atoms with van der Waals surface area (Å²) in [6.07, 6.45) is -1.79. The van der Waals surface area contributed by atoms with Crippen molar-refractivity contribution in [3.8, 4) is 11.5 Å². The minimum Gasteiger partial charge on any atom is -0.358 e. The summed E-state index contributed by atoms with van der Waals surface area (Å²) in [5, 5.41) is 9.25. The topological polar surface area (TPSA) is 152 Å². The van der Waals surface area contributed by atoms with Crippen LogP contribution in [0.15, 0.2) is 29.2 Å². The Balaban J connectivity index is 1.35. The van der Waals surface area contributed by atoms with Gasteiger partial charge in [0.25, 0.3) is 5.91 Å². The Hall–Kier alpha value is -4.36. The van der Waals surface area contributed by atoms with Crippen LogP contribution in [-0.4, -0.2) is 41.9 Å². The first-order valence-electron chi connectivity index (χ1n) is 10.0. The number of anilines is 1. The standard InChI is InChI=1S/C20H15F3N8O3/c1-8(27-19(33)16-9-2-3-15(32)30-17(9)26-7-25-16)13-4-11(31-34-13)18-28-10-5-14(20(21,22)23)24-6-12(10)29-18/h4-8H,2-3H2,1H3,(H,27,33)(H,28,29)(H,25,26,30,32)/t8-/m1/s1.